The van der Waals surface area contributed by atoms with Crippen molar-refractivity contribution in [2.75, 3.05) is 33.2 Å². The topological polar surface area (TPSA) is 83.8 Å². The smallest absolute Gasteiger partial charge is 0.272 e. The van der Waals surface area contributed by atoms with Crippen molar-refractivity contribution in [2.24, 2.45) is 0 Å². The monoisotopic (exact) mass is 293 g/mol. The maximum absolute atomic E-state index is 12.3. The predicted octanol–water partition coefficient (Wildman–Crippen LogP) is 1.11. The lowest BCUT2D eigenvalue weighted by Crippen LogP contribution is -2.47. The molecule has 0 bridgehead atoms. The van der Waals surface area contributed by atoms with E-state index in [-0.39, 0.29) is 11.6 Å². The van der Waals surface area contributed by atoms with Gasteiger partial charge >= 0.3 is 0 Å². The number of nitrogens with zero attached hydrogens (tertiary/aromatic N) is 3. The van der Waals surface area contributed by atoms with Crippen LogP contribution in [0.5, 0.6) is 0 Å². The molecule has 1 aromatic carbocycles. The van der Waals surface area contributed by atoms with E-state index in [0.29, 0.717) is 24.2 Å². The molecule has 0 aliphatic carbocycles. The second kappa shape index (κ2) is 7.49. The average molecular weight is 293 g/mol. The number of amides is 1. The first kappa shape index (κ1) is 16.8. The Morgan fingerprint density at radius 3 is 2.29 bits per heavy atom. The number of hydrogen-bond acceptors (Lipinski definition) is 5. The Hall–Kier alpha value is -2.28. The lowest BCUT2D eigenvalue weighted by Gasteiger charge is -2.32. The van der Waals surface area contributed by atoms with Crippen LogP contribution in [-0.2, 0) is 4.79 Å². The molecule has 0 radical (unpaired) electrons. The first-order valence-corrected chi connectivity index (χ1v) is 6.51. The molecule has 0 saturated carbocycles. The van der Waals surface area contributed by atoms with Gasteiger partial charge in [0.2, 0.25) is 0 Å². The van der Waals surface area contributed by atoms with E-state index in [0.717, 1.165) is 13.1 Å². The standard InChI is InChI=1S/C13H17N3O3.CH2O/c1-10-9-11(3-4-12(10)16(18)19)13(17)15-7-5-14(2)6-8-15;1-2/h3-4,9H,5-8H2,1-2H3;1H2. The first-order chi connectivity index (χ1) is 9.99. The second-order valence-corrected chi connectivity index (χ2v) is 4.85. The summed E-state index contributed by atoms with van der Waals surface area (Å²) in [6, 6.07) is 4.53. The molecule has 1 heterocycles. The van der Waals surface area contributed by atoms with Crippen molar-refractivity contribution in [1.82, 2.24) is 9.80 Å². The molecule has 0 spiro atoms. The summed E-state index contributed by atoms with van der Waals surface area (Å²) in [4.78, 5) is 34.6. The van der Waals surface area contributed by atoms with E-state index in [1.165, 1.54) is 12.1 Å². The Balaban J connectivity index is 0.00000106. The Morgan fingerprint density at radius 2 is 1.81 bits per heavy atom. The molecule has 0 unspecified atom stereocenters. The second-order valence-electron chi connectivity index (χ2n) is 4.85. The zero-order chi connectivity index (χ0) is 16.0. The molecule has 2 rings (SSSR count). The summed E-state index contributed by atoms with van der Waals surface area (Å²) in [5.41, 5.74) is 1.09. The number of benzene rings is 1. The van der Waals surface area contributed by atoms with Crippen LogP contribution in [0.15, 0.2) is 18.2 Å². The van der Waals surface area contributed by atoms with Gasteiger partial charge in [-0.25, -0.2) is 0 Å². The summed E-state index contributed by atoms with van der Waals surface area (Å²) >= 11 is 0. The van der Waals surface area contributed by atoms with Gasteiger partial charge in [-0.05, 0) is 26.1 Å². The van der Waals surface area contributed by atoms with E-state index in [9.17, 15) is 14.9 Å². The number of likely N-dealkylation sites (N-methyl/N-ethyl adjacent to an activating group) is 1. The predicted molar refractivity (Wildman–Crippen MR) is 78.4 cm³/mol. The molecule has 1 amide bonds. The van der Waals surface area contributed by atoms with Crippen LogP contribution >= 0.6 is 0 Å². The van der Waals surface area contributed by atoms with Crippen LogP contribution in [0.2, 0.25) is 0 Å². The fourth-order valence-electron chi connectivity index (χ4n) is 2.19. The molecule has 1 aromatic rings. The number of aryl methyl sites for hydroxylation is 1. The molecule has 0 atom stereocenters. The highest BCUT2D eigenvalue weighted by Gasteiger charge is 2.21. The molecular formula is C14H19N3O4. The quantitative estimate of drug-likeness (QED) is 0.602. The van der Waals surface area contributed by atoms with Crippen LogP contribution in [0.4, 0.5) is 5.69 Å². The maximum Gasteiger partial charge on any atom is 0.272 e. The Morgan fingerprint density at radius 1 is 1.24 bits per heavy atom. The maximum atomic E-state index is 12.3. The highest BCUT2D eigenvalue weighted by Crippen LogP contribution is 2.20. The molecule has 7 nitrogen and oxygen atoms in total. The van der Waals surface area contributed by atoms with Crippen molar-refractivity contribution < 1.29 is 14.5 Å². The molecule has 1 aliphatic heterocycles. The lowest BCUT2D eigenvalue weighted by molar-refractivity contribution is -0.385. The van der Waals surface area contributed by atoms with Crippen molar-refractivity contribution in [2.45, 2.75) is 6.92 Å². The van der Waals surface area contributed by atoms with Crippen LogP contribution in [0.25, 0.3) is 0 Å². The number of hydrogen-bond donors (Lipinski definition) is 0. The van der Waals surface area contributed by atoms with Crippen LogP contribution in [0, 0.1) is 17.0 Å². The number of carbonyl (C=O) groups is 2. The Kier molecular flexibility index (Phi) is 5.98. The molecule has 7 heteroatoms. The van der Waals surface area contributed by atoms with Crippen molar-refractivity contribution in [3.05, 3.63) is 39.4 Å². The van der Waals surface area contributed by atoms with Crippen molar-refractivity contribution in [3.8, 4) is 0 Å². The third-order valence-corrected chi connectivity index (χ3v) is 3.43. The highest BCUT2D eigenvalue weighted by molar-refractivity contribution is 5.94. The number of nitro groups is 1. The first-order valence-electron chi connectivity index (χ1n) is 6.51. The van der Waals surface area contributed by atoms with Crippen LogP contribution in [0.1, 0.15) is 15.9 Å². The van der Waals surface area contributed by atoms with Crippen molar-refractivity contribution in [1.29, 1.82) is 0 Å². The molecule has 1 saturated heterocycles. The van der Waals surface area contributed by atoms with Crippen LogP contribution < -0.4 is 0 Å². The van der Waals surface area contributed by atoms with E-state index < -0.39 is 4.92 Å². The molecule has 114 valence electrons. The molecule has 1 fully saturated rings. The summed E-state index contributed by atoms with van der Waals surface area (Å²) in [6.45, 7) is 6.77. The number of nitro benzene ring substituents is 1. The van der Waals surface area contributed by atoms with E-state index >= 15 is 0 Å². The summed E-state index contributed by atoms with van der Waals surface area (Å²) in [5.74, 6) is -0.0499. The van der Waals surface area contributed by atoms with Crippen LogP contribution in [-0.4, -0.2) is 60.6 Å². The van der Waals surface area contributed by atoms with Crippen molar-refractivity contribution in [3.63, 3.8) is 0 Å². The van der Waals surface area contributed by atoms with Gasteiger partial charge in [0.25, 0.3) is 11.6 Å². The lowest BCUT2D eigenvalue weighted by atomic mass is 10.1. The minimum Gasteiger partial charge on any atom is -0.336 e. The van der Waals surface area contributed by atoms with E-state index in [2.05, 4.69) is 4.90 Å². The molecule has 1 aliphatic rings. The zero-order valence-corrected chi connectivity index (χ0v) is 12.2. The van der Waals surface area contributed by atoms with Gasteiger partial charge in [0.15, 0.2) is 0 Å². The third-order valence-electron chi connectivity index (χ3n) is 3.43. The minimum absolute atomic E-state index is 0.0499. The Labute approximate surface area is 123 Å². The van der Waals surface area contributed by atoms with E-state index in [1.807, 2.05) is 13.8 Å². The van der Waals surface area contributed by atoms with Gasteiger partial charge in [0, 0.05) is 43.4 Å². The van der Waals surface area contributed by atoms with Gasteiger partial charge < -0.3 is 14.6 Å². The molecule has 21 heavy (non-hydrogen) atoms. The average Bonchev–Trinajstić information content (AvgIpc) is 2.49. The highest BCUT2D eigenvalue weighted by atomic mass is 16.6. The molecule has 0 N–H and O–H groups in total. The molecule has 0 aromatic heterocycles. The summed E-state index contributed by atoms with van der Waals surface area (Å²) in [5, 5.41) is 10.7. The fourth-order valence-corrected chi connectivity index (χ4v) is 2.19. The summed E-state index contributed by atoms with van der Waals surface area (Å²) < 4.78 is 0. The van der Waals surface area contributed by atoms with E-state index in [1.54, 1.807) is 17.9 Å². The van der Waals surface area contributed by atoms with Gasteiger partial charge in [-0.3, -0.25) is 14.9 Å². The number of carbonyl (C=O) groups excluding carboxylic acids is 2. The van der Waals surface area contributed by atoms with Crippen molar-refractivity contribution >= 4 is 18.4 Å². The van der Waals surface area contributed by atoms with Gasteiger partial charge in [0.1, 0.15) is 6.79 Å². The summed E-state index contributed by atoms with van der Waals surface area (Å²) in [6.07, 6.45) is 0. The summed E-state index contributed by atoms with van der Waals surface area (Å²) in [7, 11) is 2.03. The van der Waals surface area contributed by atoms with Gasteiger partial charge in [-0.15, -0.1) is 0 Å². The van der Waals surface area contributed by atoms with Crippen LogP contribution in [0.3, 0.4) is 0 Å². The van der Waals surface area contributed by atoms with Gasteiger partial charge in [0.05, 0.1) is 4.92 Å². The van der Waals surface area contributed by atoms with Gasteiger partial charge in [-0.2, -0.15) is 0 Å². The molecular weight excluding hydrogens is 274 g/mol. The van der Waals surface area contributed by atoms with Gasteiger partial charge in [-0.1, -0.05) is 0 Å². The number of rotatable bonds is 2. The SMILES string of the molecule is C=O.Cc1cc(C(=O)N2CCN(C)CC2)ccc1[N+](=O)[O-]. The normalized spacial score (nSPS) is 15.0. The fraction of sp³-hybridized carbons (Fsp3) is 0.429. The Bertz CT molecular complexity index is 525. The van der Waals surface area contributed by atoms with E-state index in [4.69, 9.17) is 4.79 Å². The number of piperazine rings is 1. The largest absolute Gasteiger partial charge is 0.336 e. The minimum atomic E-state index is -0.431. The third kappa shape index (κ3) is 4.09. The zero-order valence-electron chi connectivity index (χ0n) is 12.2.